The van der Waals surface area contributed by atoms with Gasteiger partial charge in [0.15, 0.2) is 0 Å². The Bertz CT molecular complexity index is 3400. The van der Waals surface area contributed by atoms with Gasteiger partial charge < -0.3 is 0 Å². The molecule has 0 bridgehead atoms. The molecule has 0 heterocycles. The third-order valence-corrected chi connectivity index (χ3v) is 12.2. The minimum atomic E-state index is 1.21. The molecule has 11 aromatic carbocycles. The van der Waals surface area contributed by atoms with Gasteiger partial charge in [0.05, 0.1) is 0 Å². The quantitative estimate of drug-likeness (QED) is 0.160. The smallest absolute Gasteiger partial charge is 0.00199 e. The van der Waals surface area contributed by atoms with Crippen molar-refractivity contribution in [2.75, 3.05) is 0 Å². The summed E-state index contributed by atoms with van der Waals surface area (Å²) >= 11 is 0. The standard InChI is InChI=1S/C56H34/c1-2-13-39-31-42(28-27-35(39)11-1)54-49-19-7-8-20-50(49)56(47-21-9-14-38-12-3-4-16-44(38)47)53-33-40(29-30-51(53)54)36-23-25-37(26-24-36)43-32-41-15-10-22-48-45-17-5-6-18-46(45)52(34-43)55(41)48/h1-34H. The van der Waals surface area contributed by atoms with Crippen LogP contribution in [0, 0.1) is 0 Å². The molecular formula is C56H34. The second-order valence-corrected chi connectivity index (χ2v) is 15.2. The van der Waals surface area contributed by atoms with E-state index in [1.807, 2.05) is 0 Å². The minimum Gasteiger partial charge on any atom is -0.0616 e. The number of hydrogen-bond acceptors (Lipinski definition) is 0. The zero-order chi connectivity index (χ0) is 36.7. The van der Waals surface area contributed by atoms with Crippen molar-refractivity contribution >= 4 is 53.9 Å². The number of rotatable bonds is 4. The van der Waals surface area contributed by atoms with Crippen LogP contribution in [0.25, 0.3) is 121 Å². The predicted octanol–water partition coefficient (Wildman–Crippen LogP) is 15.8. The molecule has 258 valence electrons. The molecular weight excluding hydrogens is 673 g/mol. The largest absolute Gasteiger partial charge is 0.0616 e. The highest BCUT2D eigenvalue weighted by Gasteiger charge is 2.22. The van der Waals surface area contributed by atoms with Gasteiger partial charge in [0, 0.05) is 0 Å². The van der Waals surface area contributed by atoms with Crippen LogP contribution < -0.4 is 0 Å². The molecule has 0 saturated heterocycles. The topological polar surface area (TPSA) is 0 Å². The summed E-state index contributed by atoms with van der Waals surface area (Å²) < 4.78 is 0. The maximum atomic E-state index is 2.44. The zero-order valence-electron chi connectivity index (χ0n) is 30.6. The van der Waals surface area contributed by atoms with Crippen molar-refractivity contribution < 1.29 is 0 Å². The van der Waals surface area contributed by atoms with E-state index in [4.69, 9.17) is 0 Å². The van der Waals surface area contributed by atoms with Gasteiger partial charge in [-0.15, -0.1) is 0 Å². The van der Waals surface area contributed by atoms with Crippen LogP contribution in [0.3, 0.4) is 0 Å². The van der Waals surface area contributed by atoms with Gasteiger partial charge in [-0.05, 0) is 145 Å². The van der Waals surface area contributed by atoms with Crippen LogP contribution in [0.5, 0.6) is 0 Å². The van der Waals surface area contributed by atoms with Crippen molar-refractivity contribution in [3.05, 3.63) is 206 Å². The molecule has 0 radical (unpaired) electrons. The lowest BCUT2D eigenvalue weighted by Gasteiger charge is -2.20. The highest BCUT2D eigenvalue weighted by atomic mass is 14.3. The molecule has 0 nitrogen and oxygen atoms in total. The van der Waals surface area contributed by atoms with Gasteiger partial charge in [0.1, 0.15) is 0 Å². The van der Waals surface area contributed by atoms with Crippen molar-refractivity contribution in [3.63, 3.8) is 0 Å². The van der Waals surface area contributed by atoms with Crippen LogP contribution in [-0.4, -0.2) is 0 Å². The van der Waals surface area contributed by atoms with E-state index in [1.54, 1.807) is 0 Å². The summed E-state index contributed by atoms with van der Waals surface area (Å²) in [6.07, 6.45) is 0. The molecule has 0 spiro atoms. The molecule has 0 N–H and O–H groups in total. The molecule has 0 atom stereocenters. The maximum Gasteiger partial charge on any atom is -0.00199 e. The first-order valence-corrected chi connectivity index (χ1v) is 19.5. The van der Waals surface area contributed by atoms with Gasteiger partial charge in [-0.2, -0.15) is 0 Å². The molecule has 1 aliphatic rings. The van der Waals surface area contributed by atoms with E-state index < -0.39 is 0 Å². The first kappa shape index (κ1) is 31.1. The maximum absolute atomic E-state index is 2.44. The molecule has 0 aromatic heterocycles. The van der Waals surface area contributed by atoms with E-state index in [0.29, 0.717) is 0 Å². The molecule has 0 unspecified atom stereocenters. The van der Waals surface area contributed by atoms with Crippen molar-refractivity contribution in [1.82, 2.24) is 0 Å². The van der Waals surface area contributed by atoms with Gasteiger partial charge in [-0.3, -0.25) is 0 Å². The van der Waals surface area contributed by atoms with Crippen LogP contribution in [0.15, 0.2) is 206 Å². The Labute approximate surface area is 325 Å². The molecule has 12 rings (SSSR count). The Balaban J connectivity index is 1.06. The Morgan fingerprint density at radius 3 is 1.52 bits per heavy atom. The summed E-state index contributed by atoms with van der Waals surface area (Å²) in [4.78, 5) is 0. The van der Waals surface area contributed by atoms with Crippen molar-refractivity contribution in [3.8, 4) is 66.8 Å². The molecule has 0 saturated carbocycles. The number of hydrogen-bond donors (Lipinski definition) is 0. The van der Waals surface area contributed by atoms with Crippen LogP contribution >= 0.6 is 0 Å². The summed E-state index contributed by atoms with van der Waals surface area (Å²) in [6.45, 7) is 0. The first-order valence-electron chi connectivity index (χ1n) is 19.5. The molecule has 56 heavy (non-hydrogen) atoms. The Morgan fingerprint density at radius 2 is 0.714 bits per heavy atom. The van der Waals surface area contributed by atoms with Crippen LogP contribution in [0.2, 0.25) is 0 Å². The molecule has 0 aliphatic heterocycles. The van der Waals surface area contributed by atoms with Gasteiger partial charge in [0.25, 0.3) is 0 Å². The van der Waals surface area contributed by atoms with Gasteiger partial charge in [-0.25, -0.2) is 0 Å². The third-order valence-electron chi connectivity index (χ3n) is 12.2. The zero-order valence-corrected chi connectivity index (χ0v) is 30.6. The Hall–Kier alpha value is -7.28. The first-order chi connectivity index (χ1) is 27.8. The highest BCUT2D eigenvalue weighted by Crippen LogP contribution is 2.49. The van der Waals surface area contributed by atoms with E-state index in [9.17, 15) is 0 Å². The average molecular weight is 707 g/mol. The fourth-order valence-corrected chi connectivity index (χ4v) is 9.59. The van der Waals surface area contributed by atoms with Gasteiger partial charge in [0.2, 0.25) is 0 Å². The van der Waals surface area contributed by atoms with E-state index in [2.05, 4.69) is 206 Å². The molecule has 0 amide bonds. The van der Waals surface area contributed by atoms with E-state index >= 15 is 0 Å². The second kappa shape index (κ2) is 12.1. The summed E-state index contributed by atoms with van der Waals surface area (Å²) in [5.41, 5.74) is 15.3. The monoisotopic (exact) mass is 706 g/mol. The number of fused-ring (bicyclic) bond motifs is 7. The second-order valence-electron chi connectivity index (χ2n) is 15.2. The van der Waals surface area contributed by atoms with E-state index in [1.165, 1.54) is 121 Å². The van der Waals surface area contributed by atoms with Crippen LogP contribution in [0.4, 0.5) is 0 Å². The normalized spacial score (nSPS) is 11.9. The Morgan fingerprint density at radius 1 is 0.196 bits per heavy atom. The van der Waals surface area contributed by atoms with Crippen LogP contribution in [-0.2, 0) is 0 Å². The van der Waals surface area contributed by atoms with Crippen molar-refractivity contribution in [2.45, 2.75) is 0 Å². The number of benzene rings is 11. The molecule has 0 heteroatoms. The lowest BCUT2D eigenvalue weighted by atomic mass is 9.83. The van der Waals surface area contributed by atoms with Crippen molar-refractivity contribution in [2.24, 2.45) is 0 Å². The average Bonchev–Trinajstić information content (AvgIpc) is 3.59. The van der Waals surface area contributed by atoms with E-state index in [-0.39, 0.29) is 0 Å². The summed E-state index contributed by atoms with van der Waals surface area (Å²) in [5.74, 6) is 0. The SMILES string of the molecule is c1ccc2c(c1)-c1cccc3cc(-c4ccc(-c5ccc6c(-c7ccc8ccccc8c7)c7ccccc7c(-c7cccc8ccccc78)c6c5)cc4)cc-2c13. The highest BCUT2D eigenvalue weighted by molar-refractivity contribution is 6.24. The molecule has 1 aliphatic carbocycles. The molecule has 11 aromatic rings. The fraction of sp³-hybridized carbons (Fsp3) is 0. The van der Waals surface area contributed by atoms with Gasteiger partial charge in [-0.1, -0.05) is 182 Å². The van der Waals surface area contributed by atoms with Crippen molar-refractivity contribution in [1.29, 1.82) is 0 Å². The lowest BCUT2D eigenvalue weighted by Crippen LogP contribution is -1.92. The summed E-state index contributed by atoms with van der Waals surface area (Å²) in [7, 11) is 0. The van der Waals surface area contributed by atoms with E-state index in [0.717, 1.165) is 0 Å². The predicted molar refractivity (Wildman–Crippen MR) is 240 cm³/mol. The summed E-state index contributed by atoms with van der Waals surface area (Å²) in [5, 5.41) is 12.7. The van der Waals surface area contributed by atoms with Crippen LogP contribution in [0.1, 0.15) is 0 Å². The lowest BCUT2D eigenvalue weighted by molar-refractivity contribution is 1.61. The fourth-order valence-electron chi connectivity index (χ4n) is 9.59. The Kier molecular flexibility index (Phi) is 6.73. The summed E-state index contributed by atoms with van der Waals surface area (Å²) in [6, 6.07) is 76.7. The molecule has 0 fully saturated rings. The third kappa shape index (κ3) is 4.66. The van der Waals surface area contributed by atoms with Gasteiger partial charge >= 0.3 is 0 Å². The minimum absolute atomic E-state index is 1.21.